The molecule has 4 heteroatoms. The molecule has 4 heterocycles. The summed E-state index contributed by atoms with van der Waals surface area (Å²) in [5.41, 5.74) is 19.8. The third-order valence-corrected chi connectivity index (χ3v) is 17.5. The second-order valence-electron chi connectivity index (χ2n) is 19.0. The molecule has 71 heavy (non-hydrogen) atoms. The highest BCUT2D eigenvalue weighted by Gasteiger charge is 2.30. The van der Waals surface area contributed by atoms with Gasteiger partial charge in [-0.2, -0.15) is 0 Å². The zero-order valence-electron chi connectivity index (χ0n) is 38.6. The molecule has 14 aromatic rings. The largest absolute Gasteiger partial charge is 0.456 e. The number of aryl methyl sites for hydroxylation is 1. The molecule has 1 aliphatic carbocycles. The Morgan fingerprint density at radius 1 is 0.380 bits per heavy atom. The zero-order chi connectivity index (χ0) is 46.6. The molecule has 1 atom stereocenters. The topological polar surface area (TPSA) is 18.1 Å². The van der Waals surface area contributed by atoms with Gasteiger partial charge >= 0.3 is 0 Å². The zero-order valence-corrected chi connectivity index (χ0v) is 40.2. The van der Waals surface area contributed by atoms with Crippen LogP contribution in [0.3, 0.4) is 0 Å². The minimum Gasteiger partial charge on any atom is -0.456 e. The molecule has 10 aromatic carbocycles. The van der Waals surface area contributed by atoms with Gasteiger partial charge in [0.05, 0.1) is 11.0 Å². The normalized spacial score (nSPS) is 13.3. The number of benzene rings is 10. The quantitative estimate of drug-likeness (QED) is 0.148. The van der Waals surface area contributed by atoms with Crippen LogP contribution in [0.15, 0.2) is 235 Å². The number of hydrogen-bond acceptors (Lipinski definition) is 3. The maximum absolute atomic E-state index is 6.66. The first kappa shape index (κ1) is 40.6. The van der Waals surface area contributed by atoms with Gasteiger partial charge in [0.2, 0.25) is 0 Å². The van der Waals surface area contributed by atoms with Gasteiger partial charge in [-0.1, -0.05) is 146 Å². The Hall–Kier alpha value is -8.28. The van der Waals surface area contributed by atoms with Crippen LogP contribution in [0.2, 0.25) is 0 Å². The third-order valence-electron chi connectivity index (χ3n) is 15.1. The molecule has 0 radical (unpaired) electrons. The predicted molar refractivity (Wildman–Crippen MR) is 303 cm³/mol. The summed E-state index contributed by atoms with van der Waals surface area (Å²) in [6, 6.07) is 85.3. The van der Waals surface area contributed by atoms with Gasteiger partial charge in [-0.15, -0.1) is 22.7 Å². The summed E-state index contributed by atoms with van der Waals surface area (Å²) in [5, 5.41) is 7.32. The first-order valence-electron chi connectivity index (χ1n) is 24.6. The van der Waals surface area contributed by atoms with Crippen LogP contribution in [0.1, 0.15) is 29.0 Å². The van der Waals surface area contributed by atoms with Crippen molar-refractivity contribution in [1.29, 1.82) is 0 Å². The lowest BCUT2D eigenvalue weighted by atomic mass is 9.89. The van der Waals surface area contributed by atoms with E-state index in [2.05, 4.69) is 235 Å². The minimum atomic E-state index is 0.372. The van der Waals surface area contributed by atoms with E-state index in [9.17, 15) is 0 Å². The van der Waals surface area contributed by atoms with E-state index in [0.717, 1.165) is 34.8 Å². The number of aromatic nitrogens is 1. The number of rotatable bonds is 8. The number of fused-ring (bicyclic) bond motifs is 11. The maximum atomic E-state index is 6.66. The van der Waals surface area contributed by atoms with Crippen molar-refractivity contribution in [2.24, 2.45) is 0 Å². The Bertz CT molecular complexity index is 4410. The van der Waals surface area contributed by atoms with E-state index in [0.29, 0.717) is 5.92 Å². The fraction of sp³-hybridized carbons (Fsp3) is 0.0448. The summed E-state index contributed by atoms with van der Waals surface area (Å²) in [4.78, 5) is 2.54. The van der Waals surface area contributed by atoms with Gasteiger partial charge in [0.1, 0.15) is 11.2 Å². The molecule has 0 saturated heterocycles. The van der Waals surface area contributed by atoms with Crippen LogP contribution in [0, 0.1) is 0 Å². The molecule has 0 amide bonds. The van der Waals surface area contributed by atoms with Crippen molar-refractivity contribution in [3.05, 3.63) is 247 Å². The van der Waals surface area contributed by atoms with Crippen LogP contribution in [-0.2, 0) is 6.42 Å². The third kappa shape index (κ3) is 6.45. The van der Waals surface area contributed by atoms with Crippen LogP contribution in [0.25, 0.3) is 124 Å². The fourth-order valence-corrected chi connectivity index (χ4v) is 14.3. The van der Waals surface area contributed by atoms with Gasteiger partial charge in [0, 0.05) is 74.2 Å². The van der Waals surface area contributed by atoms with Crippen molar-refractivity contribution in [3.63, 3.8) is 0 Å². The van der Waals surface area contributed by atoms with E-state index in [1.165, 1.54) is 119 Å². The smallest absolute Gasteiger partial charge is 0.135 e. The summed E-state index contributed by atoms with van der Waals surface area (Å²) in [6.07, 6.45) is 2.14. The Morgan fingerprint density at radius 2 is 0.901 bits per heavy atom. The molecule has 2 nitrogen and oxygen atoms in total. The van der Waals surface area contributed by atoms with E-state index in [1.807, 2.05) is 22.7 Å². The molecule has 1 unspecified atom stereocenters. The summed E-state index contributed by atoms with van der Waals surface area (Å²) in [6.45, 7) is 0. The van der Waals surface area contributed by atoms with E-state index in [-0.39, 0.29) is 0 Å². The summed E-state index contributed by atoms with van der Waals surface area (Å²) < 4.78 is 11.6. The second kappa shape index (κ2) is 16.1. The van der Waals surface area contributed by atoms with Crippen LogP contribution in [0.4, 0.5) is 0 Å². The highest BCUT2D eigenvalue weighted by Crippen LogP contribution is 2.52. The lowest BCUT2D eigenvalue weighted by Gasteiger charge is -2.14. The highest BCUT2D eigenvalue weighted by atomic mass is 32.1. The standard InChI is InChI=1S/C67H43NOS2/c1-3-15-41(16-4-1)27-32-49-47-19-7-8-20-48(47)54-37-42(28-33-50(49)54)64-52-22-10-13-25-62(52)70-66(64)44-30-35-60-56(39-44)57-40-45(31-36-61(57)69-60)67-65(53-23-11-14-26-63(53)71-67)43-29-34-59-55(38-43)51-21-9-12-24-58(51)68(59)46-17-5-2-6-18-46/h1-26,28-31,33-40,49H,27,32H2. The average Bonchev–Trinajstić information content (AvgIpc) is 4.25. The number of furan rings is 1. The Morgan fingerprint density at radius 3 is 1.61 bits per heavy atom. The van der Waals surface area contributed by atoms with Crippen molar-refractivity contribution in [1.82, 2.24) is 4.57 Å². The molecular formula is C67H43NOS2. The maximum Gasteiger partial charge on any atom is 0.135 e. The van der Waals surface area contributed by atoms with E-state index in [1.54, 1.807) is 0 Å². The second-order valence-corrected chi connectivity index (χ2v) is 21.1. The fourth-order valence-electron chi connectivity index (χ4n) is 11.8. The molecule has 0 spiro atoms. The molecule has 0 N–H and O–H groups in total. The van der Waals surface area contributed by atoms with Crippen LogP contribution < -0.4 is 0 Å². The van der Waals surface area contributed by atoms with Crippen molar-refractivity contribution in [3.8, 4) is 59.9 Å². The van der Waals surface area contributed by atoms with Crippen LogP contribution in [-0.4, -0.2) is 4.57 Å². The first-order valence-corrected chi connectivity index (χ1v) is 26.2. The molecule has 15 rings (SSSR count). The summed E-state index contributed by atoms with van der Waals surface area (Å²) in [5.74, 6) is 0.372. The SMILES string of the molecule is c1ccc(CCC2c3ccccc3-c3cc(-c4c(-c5ccc6oc7ccc(-c8sc9ccccc9c8-c8ccc9c(c8)c8ccccc8n9-c8ccccc8)cc7c6c5)sc5ccccc45)ccc32)cc1. The van der Waals surface area contributed by atoms with Crippen molar-refractivity contribution >= 4 is 86.6 Å². The first-order chi connectivity index (χ1) is 35.2. The molecular weight excluding hydrogens is 899 g/mol. The lowest BCUT2D eigenvalue weighted by molar-refractivity contribution is 0.669. The molecule has 1 aliphatic rings. The molecule has 0 bridgehead atoms. The molecule has 0 aliphatic heterocycles. The molecule has 4 aromatic heterocycles. The number of hydrogen-bond donors (Lipinski definition) is 0. The van der Waals surface area contributed by atoms with E-state index < -0.39 is 0 Å². The Kier molecular flexibility index (Phi) is 9.23. The monoisotopic (exact) mass is 941 g/mol. The number of nitrogens with zero attached hydrogens (tertiary/aromatic N) is 1. The molecule has 334 valence electrons. The van der Waals surface area contributed by atoms with Gasteiger partial charge in [0.25, 0.3) is 0 Å². The van der Waals surface area contributed by atoms with Gasteiger partial charge in [-0.05, 0) is 148 Å². The summed E-state index contributed by atoms with van der Waals surface area (Å²) in [7, 11) is 0. The lowest BCUT2D eigenvalue weighted by Crippen LogP contribution is -1.99. The van der Waals surface area contributed by atoms with Gasteiger partial charge in [0.15, 0.2) is 0 Å². The van der Waals surface area contributed by atoms with E-state index >= 15 is 0 Å². The average molecular weight is 942 g/mol. The van der Waals surface area contributed by atoms with Crippen molar-refractivity contribution in [2.45, 2.75) is 18.8 Å². The van der Waals surface area contributed by atoms with Gasteiger partial charge in [-0.25, -0.2) is 0 Å². The van der Waals surface area contributed by atoms with Gasteiger partial charge in [-0.3, -0.25) is 0 Å². The number of thiophene rings is 2. The van der Waals surface area contributed by atoms with E-state index in [4.69, 9.17) is 4.42 Å². The minimum absolute atomic E-state index is 0.372. The molecule has 0 saturated carbocycles. The Labute approximate surface area is 419 Å². The van der Waals surface area contributed by atoms with Crippen LogP contribution in [0.5, 0.6) is 0 Å². The molecule has 0 fully saturated rings. The highest BCUT2D eigenvalue weighted by molar-refractivity contribution is 7.23. The van der Waals surface area contributed by atoms with Crippen molar-refractivity contribution < 1.29 is 4.42 Å². The Balaban J connectivity index is 0.856. The van der Waals surface area contributed by atoms with Crippen LogP contribution >= 0.6 is 22.7 Å². The summed E-state index contributed by atoms with van der Waals surface area (Å²) >= 11 is 3.76. The number of para-hydroxylation sites is 2. The van der Waals surface area contributed by atoms with Gasteiger partial charge < -0.3 is 8.98 Å². The van der Waals surface area contributed by atoms with Crippen molar-refractivity contribution in [2.75, 3.05) is 0 Å². The predicted octanol–water partition coefficient (Wildman–Crippen LogP) is 19.5.